The van der Waals surface area contributed by atoms with Gasteiger partial charge in [-0.15, -0.1) is 11.6 Å². The maximum atomic E-state index is 5.95. The van der Waals surface area contributed by atoms with Crippen molar-refractivity contribution in [2.75, 3.05) is 0 Å². The lowest BCUT2D eigenvalue weighted by Crippen LogP contribution is -2.04. The maximum absolute atomic E-state index is 5.95. The van der Waals surface area contributed by atoms with E-state index >= 15 is 0 Å². The number of aromatic nitrogens is 3. The first-order chi connectivity index (χ1) is 8.29. The van der Waals surface area contributed by atoms with E-state index in [-0.39, 0.29) is 0 Å². The van der Waals surface area contributed by atoms with Gasteiger partial charge in [-0.05, 0) is 40.9 Å². The van der Waals surface area contributed by atoms with Crippen LogP contribution in [0.1, 0.15) is 30.0 Å². The maximum Gasteiger partial charge on any atom is 0.153 e. The highest BCUT2D eigenvalue weighted by atomic mass is 79.9. The molecule has 0 bridgehead atoms. The Morgan fingerprint density at radius 2 is 2.18 bits per heavy atom. The number of rotatable bonds is 3. The van der Waals surface area contributed by atoms with Gasteiger partial charge in [-0.1, -0.05) is 0 Å². The molecule has 0 aliphatic heterocycles. The van der Waals surface area contributed by atoms with Gasteiger partial charge in [-0.25, -0.2) is 9.67 Å². The fourth-order valence-electron chi connectivity index (χ4n) is 1.96. The smallest absolute Gasteiger partial charge is 0.153 e. The van der Waals surface area contributed by atoms with Crippen LogP contribution in [0.15, 0.2) is 29.0 Å². The van der Waals surface area contributed by atoms with Crippen LogP contribution in [0.2, 0.25) is 0 Å². The van der Waals surface area contributed by atoms with Crippen molar-refractivity contribution in [1.29, 1.82) is 0 Å². The number of hydrogen-bond acceptors (Lipinski definition) is 2. The van der Waals surface area contributed by atoms with E-state index in [0.29, 0.717) is 11.8 Å². The van der Waals surface area contributed by atoms with E-state index in [4.69, 9.17) is 11.6 Å². The van der Waals surface area contributed by atoms with Crippen LogP contribution in [0.3, 0.4) is 0 Å². The van der Waals surface area contributed by atoms with Crippen LogP contribution in [0.25, 0.3) is 5.82 Å². The van der Waals surface area contributed by atoms with E-state index in [9.17, 15) is 0 Å². The molecule has 1 aliphatic carbocycles. The first-order valence-corrected chi connectivity index (χ1v) is 6.87. The van der Waals surface area contributed by atoms with Gasteiger partial charge < -0.3 is 0 Å². The molecule has 1 fully saturated rings. The third kappa shape index (κ3) is 2.11. The van der Waals surface area contributed by atoms with Crippen molar-refractivity contribution in [1.82, 2.24) is 14.8 Å². The molecule has 2 aromatic rings. The van der Waals surface area contributed by atoms with Crippen molar-refractivity contribution in [3.8, 4) is 5.82 Å². The molecular weight excluding hydrogens is 302 g/mol. The molecule has 0 unspecified atom stereocenters. The fraction of sp³-hybridized carbons (Fsp3) is 0.333. The van der Waals surface area contributed by atoms with Gasteiger partial charge in [-0.2, -0.15) is 5.10 Å². The second-order valence-electron chi connectivity index (χ2n) is 4.21. The molecule has 3 rings (SSSR count). The Morgan fingerprint density at radius 1 is 1.35 bits per heavy atom. The summed E-state index contributed by atoms with van der Waals surface area (Å²) >= 11 is 9.33. The van der Waals surface area contributed by atoms with E-state index < -0.39 is 0 Å². The van der Waals surface area contributed by atoms with Crippen molar-refractivity contribution in [2.45, 2.75) is 24.6 Å². The van der Waals surface area contributed by atoms with E-state index in [0.717, 1.165) is 15.9 Å². The summed E-state index contributed by atoms with van der Waals surface area (Å²) in [5, 5.41) is 4.40. The third-order valence-electron chi connectivity index (χ3n) is 2.92. The number of nitrogens with zero attached hydrogens (tertiary/aromatic N) is 3. The molecule has 88 valence electrons. The number of pyridine rings is 1. The molecule has 17 heavy (non-hydrogen) atoms. The Morgan fingerprint density at radius 3 is 2.76 bits per heavy atom. The van der Waals surface area contributed by atoms with Gasteiger partial charge in [0.05, 0.1) is 17.8 Å². The monoisotopic (exact) mass is 311 g/mol. The molecule has 1 saturated carbocycles. The molecule has 0 N–H and O–H groups in total. The van der Waals surface area contributed by atoms with Crippen LogP contribution >= 0.6 is 27.5 Å². The summed E-state index contributed by atoms with van der Waals surface area (Å²) in [7, 11) is 0. The fourth-order valence-corrected chi connectivity index (χ4v) is 2.40. The van der Waals surface area contributed by atoms with Gasteiger partial charge in [-0.3, -0.25) is 0 Å². The van der Waals surface area contributed by atoms with Gasteiger partial charge in [0.2, 0.25) is 0 Å². The Balaban J connectivity index is 2.07. The molecule has 2 heterocycles. The number of hydrogen-bond donors (Lipinski definition) is 0. The van der Waals surface area contributed by atoms with Crippen molar-refractivity contribution in [2.24, 2.45) is 0 Å². The summed E-state index contributed by atoms with van der Waals surface area (Å²) in [6.45, 7) is 0. The lowest BCUT2D eigenvalue weighted by Gasteiger charge is -2.07. The van der Waals surface area contributed by atoms with Crippen LogP contribution in [-0.4, -0.2) is 14.8 Å². The minimum Gasteiger partial charge on any atom is -0.236 e. The molecule has 3 nitrogen and oxygen atoms in total. The lowest BCUT2D eigenvalue weighted by atomic mass is 10.2. The predicted octanol–water partition coefficient (Wildman–Crippen LogP) is 3.65. The zero-order valence-corrected chi connectivity index (χ0v) is 11.4. The van der Waals surface area contributed by atoms with Crippen molar-refractivity contribution >= 4 is 27.5 Å². The summed E-state index contributed by atoms with van der Waals surface area (Å²) < 4.78 is 2.89. The Kier molecular flexibility index (Phi) is 2.92. The molecule has 0 saturated heterocycles. The topological polar surface area (TPSA) is 30.7 Å². The van der Waals surface area contributed by atoms with Crippen LogP contribution in [-0.2, 0) is 5.88 Å². The SMILES string of the molecule is ClCc1cnn(-c2ccc(Br)cn2)c1C1CC1. The first-order valence-electron chi connectivity index (χ1n) is 5.54. The molecule has 0 amide bonds. The van der Waals surface area contributed by atoms with Crippen LogP contribution in [0.4, 0.5) is 0 Å². The van der Waals surface area contributed by atoms with Gasteiger partial charge in [0, 0.05) is 22.2 Å². The summed E-state index contributed by atoms with van der Waals surface area (Å²) in [4.78, 5) is 4.38. The molecule has 0 spiro atoms. The zero-order valence-electron chi connectivity index (χ0n) is 9.11. The predicted molar refractivity (Wildman–Crippen MR) is 70.6 cm³/mol. The highest BCUT2D eigenvalue weighted by molar-refractivity contribution is 9.10. The normalized spacial score (nSPS) is 15.2. The Labute approximate surface area is 113 Å². The zero-order chi connectivity index (χ0) is 11.8. The van der Waals surface area contributed by atoms with Crippen LogP contribution < -0.4 is 0 Å². The quantitative estimate of drug-likeness (QED) is 0.810. The largest absolute Gasteiger partial charge is 0.236 e. The van der Waals surface area contributed by atoms with Gasteiger partial charge in [0.1, 0.15) is 0 Å². The van der Waals surface area contributed by atoms with Crippen LogP contribution in [0.5, 0.6) is 0 Å². The highest BCUT2D eigenvalue weighted by Crippen LogP contribution is 2.42. The minimum atomic E-state index is 0.516. The summed E-state index contributed by atoms with van der Waals surface area (Å²) in [5.74, 6) is 1.98. The minimum absolute atomic E-state index is 0.516. The summed E-state index contributed by atoms with van der Waals surface area (Å²) in [5.41, 5.74) is 2.36. The highest BCUT2D eigenvalue weighted by Gasteiger charge is 2.30. The second kappa shape index (κ2) is 4.42. The third-order valence-corrected chi connectivity index (χ3v) is 3.68. The molecule has 1 aliphatic rings. The molecule has 0 atom stereocenters. The average molecular weight is 313 g/mol. The standard InChI is InChI=1S/C12H11BrClN3/c13-10-3-4-11(15-7-10)17-12(8-1-2-8)9(5-14)6-16-17/h3-4,6-8H,1-2,5H2. The van der Waals surface area contributed by atoms with E-state index in [1.807, 2.05) is 23.0 Å². The summed E-state index contributed by atoms with van der Waals surface area (Å²) in [6.07, 6.45) is 6.09. The molecule has 2 aromatic heterocycles. The molecular formula is C12H11BrClN3. The van der Waals surface area contributed by atoms with Crippen molar-refractivity contribution in [3.05, 3.63) is 40.3 Å². The van der Waals surface area contributed by atoms with Gasteiger partial charge >= 0.3 is 0 Å². The number of alkyl halides is 1. The van der Waals surface area contributed by atoms with E-state index in [2.05, 4.69) is 26.0 Å². The number of halogens is 2. The van der Waals surface area contributed by atoms with Gasteiger partial charge in [0.25, 0.3) is 0 Å². The average Bonchev–Trinajstić information content (AvgIpc) is 3.10. The van der Waals surface area contributed by atoms with Crippen molar-refractivity contribution < 1.29 is 0 Å². The van der Waals surface area contributed by atoms with E-state index in [1.54, 1.807) is 6.20 Å². The molecule has 0 aromatic carbocycles. The summed E-state index contributed by atoms with van der Waals surface area (Å²) in [6, 6.07) is 3.93. The van der Waals surface area contributed by atoms with Gasteiger partial charge in [0.15, 0.2) is 5.82 Å². The molecule has 5 heteroatoms. The Hall–Kier alpha value is -0.870. The van der Waals surface area contributed by atoms with Crippen molar-refractivity contribution in [3.63, 3.8) is 0 Å². The van der Waals surface area contributed by atoms with Crippen LogP contribution in [0, 0.1) is 0 Å². The molecule has 0 radical (unpaired) electrons. The second-order valence-corrected chi connectivity index (χ2v) is 5.39. The lowest BCUT2D eigenvalue weighted by molar-refractivity contribution is 0.781. The van der Waals surface area contributed by atoms with E-state index in [1.165, 1.54) is 18.5 Å². The first kappa shape index (κ1) is 11.2. The Bertz CT molecular complexity index is 531.